The smallest absolute Gasteiger partial charge is 0.311 e. The summed E-state index contributed by atoms with van der Waals surface area (Å²) in [5, 5.41) is 8.38. The fraction of sp³-hybridized carbons (Fsp3) is 0.385. The third-order valence-electron chi connectivity index (χ3n) is 2.66. The van der Waals surface area contributed by atoms with Gasteiger partial charge in [-0.05, 0) is 12.8 Å². The first kappa shape index (κ1) is 17.9. The molecule has 0 aliphatic heterocycles. The van der Waals surface area contributed by atoms with Gasteiger partial charge in [0.2, 0.25) is 34.8 Å². The molecule has 0 aliphatic rings. The predicted octanol–water partition coefficient (Wildman–Crippen LogP) is 3.32. The Morgan fingerprint density at radius 1 is 0.773 bits per heavy atom. The number of carboxylic acids is 1. The number of carboxylic acid groups (broad SMARTS) is 1. The highest BCUT2D eigenvalue weighted by atomic mass is 19.2. The number of benzene rings is 1. The molecule has 0 saturated heterocycles. The van der Waals surface area contributed by atoms with E-state index in [1.54, 1.807) is 0 Å². The van der Waals surface area contributed by atoms with Crippen molar-refractivity contribution < 1.29 is 41.4 Å². The van der Waals surface area contributed by atoms with E-state index in [2.05, 4.69) is 4.74 Å². The van der Waals surface area contributed by atoms with Crippen LogP contribution < -0.4 is 4.74 Å². The van der Waals surface area contributed by atoms with Crippen LogP contribution in [0.3, 0.4) is 0 Å². The summed E-state index contributed by atoms with van der Waals surface area (Å²) in [4.78, 5) is 21.5. The van der Waals surface area contributed by atoms with E-state index in [0.29, 0.717) is 6.42 Å². The molecule has 0 saturated carbocycles. The molecule has 0 atom stereocenters. The molecule has 0 fully saturated rings. The summed E-state index contributed by atoms with van der Waals surface area (Å²) in [5.74, 6) is -15.0. The molecule has 0 bridgehead atoms. The minimum absolute atomic E-state index is 0.104. The predicted molar refractivity (Wildman–Crippen MR) is 62.6 cm³/mol. The molecule has 0 heterocycles. The van der Waals surface area contributed by atoms with E-state index < -0.39 is 46.8 Å². The van der Waals surface area contributed by atoms with Crippen LogP contribution in [-0.4, -0.2) is 17.0 Å². The largest absolute Gasteiger partial charge is 0.481 e. The van der Waals surface area contributed by atoms with Gasteiger partial charge < -0.3 is 9.84 Å². The molecule has 122 valence electrons. The van der Waals surface area contributed by atoms with Gasteiger partial charge >= 0.3 is 11.9 Å². The van der Waals surface area contributed by atoms with Gasteiger partial charge in [-0.25, -0.2) is 13.2 Å². The van der Waals surface area contributed by atoms with E-state index in [0.717, 1.165) is 0 Å². The first-order chi connectivity index (χ1) is 10.3. The van der Waals surface area contributed by atoms with Crippen LogP contribution in [0, 0.1) is 29.1 Å². The van der Waals surface area contributed by atoms with E-state index in [4.69, 9.17) is 5.11 Å². The van der Waals surface area contributed by atoms with Crippen LogP contribution in [0.1, 0.15) is 32.1 Å². The number of ether oxygens (including phenoxy) is 1. The second-order valence-corrected chi connectivity index (χ2v) is 4.33. The second kappa shape index (κ2) is 7.71. The van der Waals surface area contributed by atoms with Gasteiger partial charge in [0, 0.05) is 12.8 Å². The number of hydrogen-bond acceptors (Lipinski definition) is 3. The van der Waals surface area contributed by atoms with Gasteiger partial charge in [-0.1, -0.05) is 6.42 Å². The van der Waals surface area contributed by atoms with Gasteiger partial charge in [0.25, 0.3) is 0 Å². The summed E-state index contributed by atoms with van der Waals surface area (Å²) in [7, 11) is 0. The lowest BCUT2D eigenvalue weighted by molar-refractivity contribution is -0.137. The fourth-order valence-electron chi connectivity index (χ4n) is 1.56. The Morgan fingerprint density at radius 3 is 1.73 bits per heavy atom. The van der Waals surface area contributed by atoms with Crippen LogP contribution >= 0.6 is 0 Å². The Kier molecular flexibility index (Phi) is 6.26. The van der Waals surface area contributed by atoms with Gasteiger partial charge in [-0.15, -0.1) is 0 Å². The number of carbonyl (C=O) groups excluding carboxylic acids is 1. The monoisotopic (exact) mass is 326 g/mol. The number of esters is 1. The maximum Gasteiger partial charge on any atom is 0.311 e. The van der Waals surface area contributed by atoms with Crippen molar-refractivity contribution in [3.63, 3.8) is 0 Å². The summed E-state index contributed by atoms with van der Waals surface area (Å²) in [6.45, 7) is 0. The van der Waals surface area contributed by atoms with Crippen molar-refractivity contribution in [2.75, 3.05) is 0 Å². The van der Waals surface area contributed by atoms with E-state index in [-0.39, 0.29) is 25.7 Å². The first-order valence-corrected chi connectivity index (χ1v) is 6.19. The molecule has 0 aliphatic carbocycles. The van der Waals surface area contributed by atoms with Crippen LogP contribution in [0.25, 0.3) is 0 Å². The molecule has 0 spiro atoms. The lowest BCUT2D eigenvalue weighted by Gasteiger charge is -2.08. The SMILES string of the molecule is O=C(O)CCCCCC(=O)Oc1c(F)c(F)c(F)c(F)c1F. The topological polar surface area (TPSA) is 63.6 Å². The van der Waals surface area contributed by atoms with Crippen LogP contribution in [0.4, 0.5) is 22.0 Å². The van der Waals surface area contributed by atoms with Crippen molar-refractivity contribution in [2.24, 2.45) is 0 Å². The molecular weight excluding hydrogens is 315 g/mol. The van der Waals surface area contributed by atoms with Crippen molar-refractivity contribution in [1.29, 1.82) is 0 Å². The van der Waals surface area contributed by atoms with E-state index >= 15 is 0 Å². The molecule has 1 N–H and O–H groups in total. The van der Waals surface area contributed by atoms with Crippen LogP contribution in [0.15, 0.2) is 0 Å². The van der Waals surface area contributed by atoms with Crippen molar-refractivity contribution >= 4 is 11.9 Å². The number of unbranched alkanes of at least 4 members (excludes halogenated alkanes) is 2. The van der Waals surface area contributed by atoms with Crippen molar-refractivity contribution in [1.82, 2.24) is 0 Å². The highest BCUT2D eigenvalue weighted by molar-refractivity contribution is 5.72. The molecule has 1 aromatic rings. The third kappa shape index (κ3) is 4.40. The van der Waals surface area contributed by atoms with E-state index in [1.165, 1.54) is 0 Å². The van der Waals surface area contributed by atoms with E-state index in [9.17, 15) is 31.5 Å². The third-order valence-corrected chi connectivity index (χ3v) is 2.66. The molecule has 22 heavy (non-hydrogen) atoms. The first-order valence-electron chi connectivity index (χ1n) is 6.19. The number of hydrogen-bond donors (Lipinski definition) is 1. The zero-order valence-corrected chi connectivity index (χ0v) is 11.1. The molecule has 0 radical (unpaired) electrons. The molecular formula is C13H11F5O4. The van der Waals surface area contributed by atoms with Crippen molar-refractivity contribution in [3.05, 3.63) is 29.1 Å². The summed E-state index contributed by atoms with van der Waals surface area (Å²) >= 11 is 0. The Balaban J connectivity index is 2.64. The highest BCUT2D eigenvalue weighted by Crippen LogP contribution is 2.29. The second-order valence-electron chi connectivity index (χ2n) is 4.33. The molecule has 0 aromatic heterocycles. The summed E-state index contributed by atoms with van der Waals surface area (Å²) in [5.41, 5.74) is 0. The van der Waals surface area contributed by atoms with Crippen molar-refractivity contribution in [2.45, 2.75) is 32.1 Å². The molecule has 1 rings (SSSR count). The minimum Gasteiger partial charge on any atom is -0.481 e. The minimum atomic E-state index is -2.34. The normalized spacial score (nSPS) is 10.6. The average molecular weight is 326 g/mol. The summed E-state index contributed by atoms with van der Waals surface area (Å²) in [6, 6.07) is 0. The zero-order chi connectivity index (χ0) is 16.9. The molecule has 9 heteroatoms. The number of halogens is 5. The van der Waals surface area contributed by atoms with Gasteiger partial charge in [0.1, 0.15) is 0 Å². The van der Waals surface area contributed by atoms with Gasteiger partial charge in [0.05, 0.1) is 0 Å². The van der Waals surface area contributed by atoms with E-state index in [1.807, 2.05) is 0 Å². The van der Waals surface area contributed by atoms with Crippen molar-refractivity contribution in [3.8, 4) is 5.75 Å². The maximum absolute atomic E-state index is 13.2. The quantitative estimate of drug-likeness (QED) is 0.208. The standard InChI is InChI=1S/C13H11F5O4/c14-8-9(15)11(17)13(12(18)10(8)16)22-7(21)5-3-1-2-4-6(19)20/h1-5H2,(H,19,20). The molecule has 1 aromatic carbocycles. The lowest BCUT2D eigenvalue weighted by atomic mass is 10.1. The average Bonchev–Trinajstić information content (AvgIpc) is 2.47. The van der Waals surface area contributed by atoms with Crippen LogP contribution in [0.2, 0.25) is 0 Å². The van der Waals surface area contributed by atoms with Gasteiger partial charge in [-0.3, -0.25) is 9.59 Å². The number of rotatable bonds is 7. The van der Waals surface area contributed by atoms with Gasteiger partial charge in [-0.2, -0.15) is 8.78 Å². The van der Waals surface area contributed by atoms with Crippen LogP contribution in [-0.2, 0) is 9.59 Å². The Hall–Kier alpha value is -2.19. The molecule has 0 unspecified atom stereocenters. The molecule has 0 amide bonds. The van der Waals surface area contributed by atoms with Crippen LogP contribution in [0.5, 0.6) is 5.75 Å². The Labute approximate surface area is 121 Å². The number of aliphatic carboxylic acids is 1. The molecule has 4 nitrogen and oxygen atoms in total. The van der Waals surface area contributed by atoms with Gasteiger partial charge in [0.15, 0.2) is 0 Å². The lowest BCUT2D eigenvalue weighted by Crippen LogP contribution is -2.13. The Morgan fingerprint density at radius 2 is 1.23 bits per heavy atom. The fourth-order valence-corrected chi connectivity index (χ4v) is 1.56. The highest BCUT2D eigenvalue weighted by Gasteiger charge is 2.28. The summed E-state index contributed by atoms with van der Waals surface area (Å²) < 4.78 is 69.1. The maximum atomic E-state index is 13.2. The zero-order valence-electron chi connectivity index (χ0n) is 11.1. The Bertz CT molecular complexity index is 559. The number of carbonyl (C=O) groups is 2. The summed E-state index contributed by atoms with van der Waals surface area (Å²) in [6.07, 6.45) is 0.316.